The van der Waals surface area contributed by atoms with E-state index in [1.165, 1.54) is 6.07 Å². The fourth-order valence-corrected chi connectivity index (χ4v) is 2.86. The van der Waals surface area contributed by atoms with Crippen LogP contribution in [0.3, 0.4) is 0 Å². The van der Waals surface area contributed by atoms with Crippen LogP contribution in [0.25, 0.3) is 0 Å². The van der Waals surface area contributed by atoms with Gasteiger partial charge in [0.2, 0.25) is 0 Å². The summed E-state index contributed by atoms with van der Waals surface area (Å²) in [6.45, 7) is 9.24. The molecule has 4 heteroatoms. The Bertz CT molecular complexity index is 431. The SMILES string of the molecule is CCOC(C(Cc1ccc(F)c(Br)c1)NC)C(C)(C)C. The van der Waals surface area contributed by atoms with Gasteiger partial charge in [-0.1, -0.05) is 26.8 Å². The zero-order valence-corrected chi connectivity index (χ0v) is 14.6. The Morgan fingerprint density at radius 2 is 2.00 bits per heavy atom. The van der Waals surface area contributed by atoms with Crippen LogP contribution in [0.15, 0.2) is 22.7 Å². The van der Waals surface area contributed by atoms with Gasteiger partial charge in [0.15, 0.2) is 0 Å². The van der Waals surface area contributed by atoms with Crippen molar-refractivity contribution in [2.24, 2.45) is 5.41 Å². The third-order valence-electron chi connectivity index (χ3n) is 3.38. The molecule has 0 saturated carbocycles. The van der Waals surface area contributed by atoms with Gasteiger partial charge in [-0.15, -0.1) is 0 Å². The first-order valence-corrected chi connectivity index (χ1v) is 7.81. The zero-order valence-electron chi connectivity index (χ0n) is 13.0. The quantitative estimate of drug-likeness (QED) is 0.835. The van der Waals surface area contributed by atoms with Gasteiger partial charge in [0.25, 0.3) is 0 Å². The number of hydrogen-bond acceptors (Lipinski definition) is 2. The maximum Gasteiger partial charge on any atom is 0.137 e. The number of halogens is 2. The summed E-state index contributed by atoms with van der Waals surface area (Å²) in [5.74, 6) is -0.230. The van der Waals surface area contributed by atoms with Gasteiger partial charge < -0.3 is 10.1 Å². The fourth-order valence-electron chi connectivity index (χ4n) is 2.43. The van der Waals surface area contributed by atoms with Gasteiger partial charge in [0.1, 0.15) is 5.82 Å². The summed E-state index contributed by atoms with van der Waals surface area (Å²) in [5, 5.41) is 3.34. The van der Waals surface area contributed by atoms with Gasteiger partial charge in [-0.2, -0.15) is 0 Å². The summed E-state index contributed by atoms with van der Waals surface area (Å²) in [4.78, 5) is 0. The maximum absolute atomic E-state index is 13.3. The molecule has 1 N–H and O–H groups in total. The summed E-state index contributed by atoms with van der Waals surface area (Å²) >= 11 is 3.24. The maximum atomic E-state index is 13.3. The van der Waals surface area contributed by atoms with Crippen molar-refractivity contribution in [3.8, 4) is 0 Å². The van der Waals surface area contributed by atoms with Crippen molar-refractivity contribution in [2.75, 3.05) is 13.7 Å². The van der Waals surface area contributed by atoms with Crippen LogP contribution in [0.4, 0.5) is 4.39 Å². The van der Waals surface area contributed by atoms with E-state index in [4.69, 9.17) is 4.74 Å². The first-order valence-electron chi connectivity index (χ1n) is 7.02. The minimum Gasteiger partial charge on any atom is -0.376 e. The lowest BCUT2D eigenvalue weighted by Crippen LogP contribution is -2.48. The fraction of sp³-hybridized carbons (Fsp3) is 0.625. The minimum atomic E-state index is -0.230. The Labute approximate surface area is 130 Å². The number of benzene rings is 1. The molecule has 114 valence electrons. The molecule has 2 unspecified atom stereocenters. The van der Waals surface area contributed by atoms with Gasteiger partial charge in [-0.3, -0.25) is 0 Å². The molecule has 0 fully saturated rings. The molecule has 0 aliphatic carbocycles. The highest BCUT2D eigenvalue weighted by Gasteiger charge is 2.32. The summed E-state index contributed by atoms with van der Waals surface area (Å²) in [6, 6.07) is 5.35. The molecule has 2 nitrogen and oxygen atoms in total. The summed E-state index contributed by atoms with van der Waals surface area (Å²) in [6.07, 6.45) is 0.901. The number of hydrogen-bond donors (Lipinski definition) is 1. The van der Waals surface area contributed by atoms with Crippen LogP contribution in [0.1, 0.15) is 33.3 Å². The van der Waals surface area contributed by atoms with Crippen LogP contribution in [0.5, 0.6) is 0 Å². The highest BCUT2D eigenvalue weighted by molar-refractivity contribution is 9.10. The van der Waals surface area contributed by atoms with Crippen molar-refractivity contribution in [1.29, 1.82) is 0 Å². The number of nitrogens with one attached hydrogen (secondary N) is 1. The predicted octanol–water partition coefficient (Wildman–Crippen LogP) is 4.17. The van der Waals surface area contributed by atoms with E-state index < -0.39 is 0 Å². The lowest BCUT2D eigenvalue weighted by Gasteiger charge is -2.36. The van der Waals surface area contributed by atoms with Crippen molar-refractivity contribution in [1.82, 2.24) is 5.32 Å². The molecule has 1 rings (SSSR count). The van der Waals surface area contributed by atoms with Crippen molar-refractivity contribution < 1.29 is 9.13 Å². The molecule has 0 aliphatic rings. The van der Waals surface area contributed by atoms with E-state index in [0.717, 1.165) is 12.0 Å². The lowest BCUT2D eigenvalue weighted by molar-refractivity contribution is -0.0340. The number of ether oxygens (including phenoxy) is 1. The Hall–Kier alpha value is -0.450. The van der Waals surface area contributed by atoms with Crippen LogP contribution in [-0.2, 0) is 11.2 Å². The Balaban J connectivity index is 2.91. The normalized spacial score (nSPS) is 15.2. The van der Waals surface area contributed by atoms with E-state index in [1.54, 1.807) is 0 Å². The van der Waals surface area contributed by atoms with Gasteiger partial charge in [0.05, 0.1) is 10.6 Å². The lowest BCUT2D eigenvalue weighted by atomic mass is 9.82. The van der Waals surface area contributed by atoms with Crippen molar-refractivity contribution in [3.63, 3.8) is 0 Å². The van der Waals surface area contributed by atoms with E-state index in [2.05, 4.69) is 42.0 Å². The average Bonchev–Trinajstić information content (AvgIpc) is 2.36. The molecule has 1 aromatic rings. The summed E-state index contributed by atoms with van der Waals surface area (Å²) in [5.41, 5.74) is 1.13. The highest BCUT2D eigenvalue weighted by Crippen LogP contribution is 2.27. The van der Waals surface area contributed by atoms with Crippen LogP contribution in [-0.4, -0.2) is 25.8 Å². The van der Waals surface area contributed by atoms with Gasteiger partial charge in [-0.25, -0.2) is 4.39 Å². The third-order valence-corrected chi connectivity index (χ3v) is 3.98. The average molecular weight is 346 g/mol. The Morgan fingerprint density at radius 3 is 2.45 bits per heavy atom. The van der Waals surface area contributed by atoms with Gasteiger partial charge in [-0.05, 0) is 59.4 Å². The van der Waals surface area contributed by atoms with E-state index in [9.17, 15) is 4.39 Å². The third kappa shape index (κ3) is 4.83. The Kier molecular flexibility index (Phi) is 6.62. The molecular formula is C16H25BrFNO. The molecule has 0 bridgehead atoms. The second kappa shape index (κ2) is 7.53. The first-order chi connectivity index (χ1) is 9.29. The molecule has 0 aliphatic heterocycles. The Morgan fingerprint density at radius 1 is 1.35 bits per heavy atom. The van der Waals surface area contributed by atoms with Crippen LogP contribution in [0.2, 0.25) is 0 Å². The number of likely N-dealkylation sites (N-methyl/N-ethyl adjacent to an activating group) is 1. The standard InChI is InChI=1S/C16H25BrFNO/c1-6-20-15(16(2,3)4)14(19-5)10-11-7-8-13(18)12(17)9-11/h7-9,14-15,19H,6,10H2,1-5H3. The van der Waals surface area contributed by atoms with Crippen molar-refractivity contribution >= 4 is 15.9 Å². The molecular weight excluding hydrogens is 321 g/mol. The van der Waals surface area contributed by atoms with E-state index >= 15 is 0 Å². The second-order valence-electron chi connectivity index (χ2n) is 6.09. The smallest absolute Gasteiger partial charge is 0.137 e. The molecule has 0 aromatic heterocycles. The predicted molar refractivity (Wildman–Crippen MR) is 85.5 cm³/mol. The molecule has 0 spiro atoms. The number of rotatable bonds is 6. The highest BCUT2D eigenvalue weighted by atomic mass is 79.9. The minimum absolute atomic E-state index is 0.0426. The molecule has 0 heterocycles. The van der Waals surface area contributed by atoms with Crippen LogP contribution in [0, 0.1) is 11.2 Å². The molecule has 20 heavy (non-hydrogen) atoms. The zero-order chi connectivity index (χ0) is 15.3. The van der Waals surface area contributed by atoms with E-state index in [0.29, 0.717) is 11.1 Å². The summed E-state index contributed by atoms with van der Waals surface area (Å²) < 4.78 is 19.7. The largest absolute Gasteiger partial charge is 0.376 e. The van der Waals surface area contributed by atoms with Crippen molar-refractivity contribution in [3.05, 3.63) is 34.1 Å². The molecule has 1 aromatic carbocycles. The molecule has 2 atom stereocenters. The van der Waals surface area contributed by atoms with Gasteiger partial charge in [0, 0.05) is 12.6 Å². The molecule has 0 saturated heterocycles. The van der Waals surface area contributed by atoms with E-state index in [1.807, 2.05) is 26.1 Å². The van der Waals surface area contributed by atoms with Gasteiger partial charge >= 0.3 is 0 Å². The van der Waals surface area contributed by atoms with Crippen LogP contribution >= 0.6 is 15.9 Å². The first kappa shape index (κ1) is 17.6. The topological polar surface area (TPSA) is 21.3 Å². The van der Waals surface area contributed by atoms with E-state index in [-0.39, 0.29) is 23.4 Å². The molecule has 0 radical (unpaired) electrons. The van der Waals surface area contributed by atoms with Crippen molar-refractivity contribution in [2.45, 2.75) is 46.3 Å². The molecule has 0 amide bonds. The van der Waals surface area contributed by atoms with Crippen LogP contribution < -0.4 is 5.32 Å². The second-order valence-corrected chi connectivity index (χ2v) is 6.94. The summed E-state index contributed by atoms with van der Waals surface area (Å²) in [7, 11) is 1.95. The monoisotopic (exact) mass is 345 g/mol.